The van der Waals surface area contributed by atoms with Crippen molar-refractivity contribution in [1.29, 1.82) is 0 Å². The van der Waals surface area contributed by atoms with E-state index in [-0.39, 0.29) is 17.2 Å². The highest BCUT2D eigenvalue weighted by Crippen LogP contribution is 2.28. The van der Waals surface area contributed by atoms with Crippen LogP contribution in [0, 0.1) is 16.0 Å². The van der Waals surface area contributed by atoms with E-state index < -0.39 is 4.92 Å². The van der Waals surface area contributed by atoms with Crippen LogP contribution in [-0.2, 0) is 6.42 Å². The first-order chi connectivity index (χ1) is 14.0. The molecule has 0 aliphatic carbocycles. The minimum atomic E-state index is -0.498. The van der Waals surface area contributed by atoms with Crippen LogP contribution in [0.5, 0.6) is 11.5 Å². The number of amides is 1. The Morgan fingerprint density at radius 2 is 1.79 bits per heavy atom. The number of nitro benzene ring substituents is 1. The van der Waals surface area contributed by atoms with Crippen molar-refractivity contribution < 1.29 is 19.2 Å². The first kappa shape index (κ1) is 20.6. The number of methoxy groups -OCH3 is 2. The quantitative estimate of drug-likeness (QED) is 0.518. The van der Waals surface area contributed by atoms with Crippen LogP contribution in [0.2, 0.25) is 0 Å². The van der Waals surface area contributed by atoms with Gasteiger partial charge in [-0.2, -0.15) is 0 Å². The second-order valence-electron chi connectivity index (χ2n) is 7.26. The second-order valence-corrected chi connectivity index (χ2v) is 7.26. The highest BCUT2D eigenvalue weighted by atomic mass is 16.6. The summed E-state index contributed by atoms with van der Waals surface area (Å²) in [4.78, 5) is 25.2. The summed E-state index contributed by atoms with van der Waals surface area (Å²) >= 11 is 0. The predicted octanol–water partition coefficient (Wildman–Crippen LogP) is 4.10. The van der Waals surface area contributed by atoms with Gasteiger partial charge in [0.2, 0.25) is 0 Å². The molecule has 154 valence electrons. The van der Waals surface area contributed by atoms with E-state index in [0.717, 1.165) is 31.4 Å². The fraction of sp³-hybridized carbons (Fsp3) is 0.409. The maximum absolute atomic E-state index is 12.9. The lowest BCUT2D eigenvalue weighted by Gasteiger charge is -2.32. The number of piperidine rings is 1. The summed E-state index contributed by atoms with van der Waals surface area (Å²) in [5, 5.41) is 11.1. The van der Waals surface area contributed by atoms with Crippen molar-refractivity contribution in [2.45, 2.75) is 25.7 Å². The maximum atomic E-state index is 12.9. The molecule has 0 spiro atoms. The van der Waals surface area contributed by atoms with Gasteiger partial charge in [-0.05, 0) is 55.4 Å². The average molecular weight is 398 g/mol. The Morgan fingerprint density at radius 1 is 1.10 bits per heavy atom. The number of nitrogens with zero attached hydrogens (tertiary/aromatic N) is 2. The lowest BCUT2D eigenvalue weighted by atomic mass is 9.90. The minimum Gasteiger partial charge on any atom is -0.497 e. The van der Waals surface area contributed by atoms with Crippen molar-refractivity contribution >= 4 is 11.6 Å². The van der Waals surface area contributed by atoms with Crippen LogP contribution in [0.15, 0.2) is 42.5 Å². The summed E-state index contributed by atoms with van der Waals surface area (Å²) < 4.78 is 10.4. The SMILES string of the molecule is COc1ccc(CCC2CCN(C(=O)c3cc([N+](=O)[O-])ccc3OC)CC2)cc1. The monoisotopic (exact) mass is 398 g/mol. The van der Waals surface area contributed by atoms with Crippen molar-refractivity contribution in [2.75, 3.05) is 27.3 Å². The largest absolute Gasteiger partial charge is 0.497 e. The number of benzene rings is 2. The van der Waals surface area contributed by atoms with Gasteiger partial charge < -0.3 is 14.4 Å². The number of carbonyl (C=O) groups is 1. The van der Waals surface area contributed by atoms with E-state index >= 15 is 0 Å². The smallest absolute Gasteiger partial charge is 0.270 e. The van der Waals surface area contributed by atoms with Crippen LogP contribution in [0.1, 0.15) is 35.2 Å². The fourth-order valence-electron chi connectivity index (χ4n) is 3.73. The van der Waals surface area contributed by atoms with Crippen LogP contribution in [0.25, 0.3) is 0 Å². The Labute approximate surface area is 170 Å². The third kappa shape index (κ3) is 5.04. The molecule has 1 saturated heterocycles. The zero-order valence-corrected chi connectivity index (χ0v) is 16.8. The molecule has 7 heteroatoms. The van der Waals surface area contributed by atoms with E-state index in [1.807, 2.05) is 12.1 Å². The normalized spacial score (nSPS) is 14.5. The summed E-state index contributed by atoms with van der Waals surface area (Å²) in [6.45, 7) is 1.30. The number of ether oxygens (including phenoxy) is 2. The average Bonchev–Trinajstić information content (AvgIpc) is 2.77. The van der Waals surface area contributed by atoms with Crippen LogP contribution in [-0.4, -0.2) is 43.0 Å². The highest BCUT2D eigenvalue weighted by molar-refractivity contribution is 5.97. The Hall–Kier alpha value is -3.09. The van der Waals surface area contributed by atoms with Gasteiger partial charge in [0.05, 0.1) is 24.7 Å². The molecule has 1 fully saturated rings. The van der Waals surface area contributed by atoms with Crippen molar-refractivity contribution in [3.05, 3.63) is 63.7 Å². The number of carbonyl (C=O) groups excluding carboxylic acids is 1. The second kappa shape index (κ2) is 9.41. The molecular formula is C22H26N2O5. The summed E-state index contributed by atoms with van der Waals surface area (Å²) in [5.41, 5.74) is 1.42. The minimum absolute atomic E-state index is 0.108. The molecule has 7 nitrogen and oxygen atoms in total. The van der Waals surface area contributed by atoms with E-state index in [0.29, 0.717) is 24.8 Å². The highest BCUT2D eigenvalue weighted by Gasteiger charge is 2.26. The number of nitro groups is 1. The molecule has 2 aromatic carbocycles. The van der Waals surface area contributed by atoms with E-state index in [1.54, 1.807) is 12.0 Å². The lowest BCUT2D eigenvalue weighted by Crippen LogP contribution is -2.38. The fourth-order valence-corrected chi connectivity index (χ4v) is 3.73. The van der Waals surface area contributed by atoms with E-state index in [9.17, 15) is 14.9 Å². The summed E-state index contributed by atoms with van der Waals surface area (Å²) in [7, 11) is 3.12. The molecule has 0 aromatic heterocycles. The van der Waals surface area contributed by atoms with Gasteiger partial charge in [-0.25, -0.2) is 0 Å². The Morgan fingerprint density at radius 3 is 2.38 bits per heavy atom. The van der Waals surface area contributed by atoms with Gasteiger partial charge in [0.25, 0.3) is 11.6 Å². The molecule has 1 aliphatic heterocycles. The number of non-ortho nitro benzene ring substituents is 1. The first-order valence-electron chi connectivity index (χ1n) is 9.76. The molecule has 1 heterocycles. The Balaban J connectivity index is 1.56. The third-order valence-electron chi connectivity index (χ3n) is 5.53. The van der Waals surface area contributed by atoms with E-state index in [4.69, 9.17) is 9.47 Å². The number of hydrogen-bond donors (Lipinski definition) is 0. The zero-order valence-electron chi connectivity index (χ0n) is 16.8. The van der Waals surface area contributed by atoms with Gasteiger partial charge in [-0.1, -0.05) is 12.1 Å². The predicted molar refractivity (Wildman–Crippen MR) is 110 cm³/mol. The van der Waals surface area contributed by atoms with Crippen LogP contribution >= 0.6 is 0 Å². The standard InChI is InChI=1S/C22H26N2O5/c1-28-19-8-5-16(6-9-19)3-4-17-11-13-23(14-12-17)22(25)20-15-18(24(26)27)7-10-21(20)29-2/h5-10,15,17H,3-4,11-14H2,1-2H3. The summed E-state index contributed by atoms with van der Waals surface area (Å²) in [6.07, 6.45) is 3.94. The van der Waals surface area contributed by atoms with Crippen molar-refractivity contribution in [3.8, 4) is 11.5 Å². The van der Waals surface area contributed by atoms with Crippen LogP contribution in [0.3, 0.4) is 0 Å². The number of likely N-dealkylation sites (tertiary alicyclic amines) is 1. The van der Waals surface area contributed by atoms with Crippen molar-refractivity contribution in [2.24, 2.45) is 5.92 Å². The van der Waals surface area contributed by atoms with Gasteiger partial charge in [0.1, 0.15) is 11.5 Å². The van der Waals surface area contributed by atoms with Gasteiger partial charge in [-0.3, -0.25) is 14.9 Å². The van der Waals surface area contributed by atoms with E-state index in [1.165, 1.54) is 30.9 Å². The van der Waals surface area contributed by atoms with Gasteiger partial charge in [0.15, 0.2) is 0 Å². The third-order valence-corrected chi connectivity index (χ3v) is 5.53. The van der Waals surface area contributed by atoms with Crippen molar-refractivity contribution in [3.63, 3.8) is 0 Å². The van der Waals surface area contributed by atoms with Crippen LogP contribution in [0.4, 0.5) is 5.69 Å². The number of aryl methyl sites for hydroxylation is 1. The molecule has 1 amide bonds. The lowest BCUT2D eigenvalue weighted by molar-refractivity contribution is -0.384. The molecule has 3 rings (SSSR count). The Bertz CT molecular complexity index is 858. The first-order valence-corrected chi connectivity index (χ1v) is 9.76. The van der Waals surface area contributed by atoms with Gasteiger partial charge in [0, 0.05) is 25.2 Å². The van der Waals surface area contributed by atoms with E-state index in [2.05, 4.69) is 12.1 Å². The molecule has 0 unspecified atom stereocenters. The molecule has 29 heavy (non-hydrogen) atoms. The topological polar surface area (TPSA) is 81.9 Å². The zero-order chi connectivity index (χ0) is 20.8. The molecule has 2 aromatic rings. The molecular weight excluding hydrogens is 372 g/mol. The Kier molecular flexibility index (Phi) is 6.69. The van der Waals surface area contributed by atoms with Crippen LogP contribution < -0.4 is 9.47 Å². The maximum Gasteiger partial charge on any atom is 0.270 e. The van der Waals surface area contributed by atoms with Gasteiger partial charge in [-0.15, -0.1) is 0 Å². The van der Waals surface area contributed by atoms with Crippen molar-refractivity contribution in [1.82, 2.24) is 4.90 Å². The molecule has 0 saturated carbocycles. The summed E-state index contributed by atoms with van der Waals surface area (Å²) in [6, 6.07) is 12.3. The molecule has 0 atom stereocenters. The number of rotatable bonds is 7. The molecule has 0 N–H and O–H groups in total. The summed E-state index contributed by atoms with van der Waals surface area (Å²) in [5.74, 6) is 1.58. The number of hydrogen-bond acceptors (Lipinski definition) is 5. The molecule has 0 radical (unpaired) electrons. The molecule has 0 bridgehead atoms. The van der Waals surface area contributed by atoms with Gasteiger partial charge >= 0.3 is 0 Å². The molecule has 1 aliphatic rings.